The molecular weight excluding hydrogens is 404 g/mol. The van der Waals surface area contributed by atoms with Crippen molar-refractivity contribution in [2.75, 3.05) is 22.4 Å². The molecule has 0 saturated carbocycles. The van der Waals surface area contributed by atoms with Crippen LogP contribution < -0.4 is 9.62 Å². The normalized spacial score (nSPS) is 11.1. The number of halogens is 2. The van der Waals surface area contributed by atoms with Gasteiger partial charge >= 0.3 is 0 Å². The van der Waals surface area contributed by atoms with Crippen LogP contribution in [0, 0.1) is 0 Å². The molecule has 0 fully saturated rings. The molecule has 0 aliphatic heterocycles. The van der Waals surface area contributed by atoms with E-state index in [1.54, 1.807) is 48.5 Å². The number of rotatable bonds is 5. The number of nitrogens with one attached hydrogen (secondary N) is 1. The number of carbonyl (C=O) groups is 1. The van der Waals surface area contributed by atoms with Crippen molar-refractivity contribution in [3.63, 3.8) is 0 Å². The minimum atomic E-state index is -3.58. The molecule has 5 nitrogen and oxygen atoms in total. The second kappa shape index (κ2) is 7.33. The summed E-state index contributed by atoms with van der Waals surface area (Å²) in [7, 11) is -3.58. The highest BCUT2D eigenvalue weighted by molar-refractivity contribution is 9.10. The van der Waals surface area contributed by atoms with E-state index in [2.05, 4.69) is 21.2 Å². The first-order valence-corrected chi connectivity index (χ1v) is 9.57. The second-order valence-electron chi connectivity index (χ2n) is 4.78. The summed E-state index contributed by atoms with van der Waals surface area (Å²) in [6, 6.07) is 13.4. The van der Waals surface area contributed by atoms with Crippen LogP contribution in [-0.4, -0.2) is 27.1 Å². The van der Waals surface area contributed by atoms with E-state index in [0.29, 0.717) is 20.9 Å². The Morgan fingerprint density at radius 3 is 2.43 bits per heavy atom. The van der Waals surface area contributed by atoms with E-state index < -0.39 is 15.9 Å². The summed E-state index contributed by atoms with van der Waals surface area (Å²) < 4.78 is 25.6. The molecule has 1 amide bonds. The highest BCUT2D eigenvalue weighted by Gasteiger charge is 2.20. The molecule has 0 atom stereocenters. The lowest BCUT2D eigenvalue weighted by Crippen LogP contribution is -2.37. The zero-order chi connectivity index (χ0) is 17.0. The molecule has 8 heteroatoms. The third-order valence-corrected chi connectivity index (χ3v) is 5.31. The lowest BCUT2D eigenvalue weighted by atomic mass is 10.3. The van der Waals surface area contributed by atoms with Crippen LogP contribution in [0.25, 0.3) is 0 Å². The van der Waals surface area contributed by atoms with Gasteiger partial charge in [-0.15, -0.1) is 0 Å². The Hall–Kier alpha value is -1.57. The standard InChI is InChI=1S/C15H14BrClN2O3S/c1-23(21,22)19(12-5-3-2-4-6-12)10-15(20)18-11-7-8-13(16)14(17)9-11/h2-9H,10H2,1H3,(H,18,20). The van der Waals surface area contributed by atoms with Gasteiger partial charge in [-0.1, -0.05) is 29.8 Å². The average molecular weight is 418 g/mol. The van der Waals surface area contributed by atoms with Gasteiger partial charge < -0.3 is 5.32 Å². The summed E-state index contributed by atoms with van der Waals surface area (Å²) in [5.74, 6) is -0.460. The maximum absolute atomic E-state index is 12.2. The lowest BCUT2D eigenvalue weighted by molar-refractivity contribution is -0.114. The Morgan fingerprint density at radius 1 is 1.22 bits per heavy atom. The molecule has 0 saturated heterocycles. The number of benzene rings is 2. The van der Waals surface area contributed by atoms with Crippen LogP contribution in [0.1, 0.15) is 0 Å². The van der Waals surface area contributed by atoms with Crippen LogP contribution in [0.3, 0.4) is 0 Å². The molecule has 2 aromatic rings. The highest BCUT2D eigenvalue weighted by Crippen LogP contribution is 2.25. The topological polar surface area (TPSA) is 66.5 Å². The Kier molecular flexibility index (Phi) is 5.67. The molecule has 0 bridgehead atoms. The summed E-state index contributed by atoms with van der Waals surface area (Å²) in [6.45, 7) is -0.323. The Balaban J connectivity index is 2.17. The van der Waals surface area contributed by atoms with E-state index in [1.165, 1.54) is 0 Å². The minimum absolute atomic E-state index is 0.323. The number of amides is 1. The average Bonchev–Trinajstić information content (AvgIpc) is 2.48. The van der Waals surface area contributed by atoms with Crippen LogP contribution in [-0.2, 0) is 14.8 Å². The van der Waals surface area contributed by atoms with Gasteiger partial charge in [0.2, 0.25) is 15.9 Å². The van der Waals surface area contributed by atoms with E-state index in [0.717, 1.165) is 10.6 Å². The van der Waals surface area contributed by atoms with Gasteiger partial charge in [-0.3, -0.25) is 9.10 Å². The van der Waals surface area contributed by atoms with Crippen molar-refractivity contribution in [2.45, 2.75) is 0 Å². The van der Waals surface area contributed by atoms with Crippen molar-refractivity contribution < 1.29 is 13.2 Å². The molecule has 0 spiro atoms. The Bertz CT molecular complexity index is 813. The van der Waals surface area contributed by atoms with Gasteiger partial charge in [0.1, 0.15) is 6.54 Å². The zero-order valence-corrected chi connectivity index (χ0v) is 15.3. The molecule has 0 aromatic heterocycles. The predicted molar refractivity (Wildman–Crippen MR) is 96.4 cm³/mol. The van der Waals surface area contributed by atoms with Crippen molar-refractivity contribution in [2.24, 2.45) is 0 Å². The van der Waals surface area contributed by atoms with E-state index in [4.69, 9.17) is 11.6 Å². The van der Waals surface area contributed by atoms with Gasteiger partial charge in [0, 0.05) is 10.2 Å². The van der Waals surface area contributed by atoms with Gasteiger partial charge in [-0.25, -0.2) is 8.42 Å². The highest BCUT2D eigenvalue weighted by atomic mass is 79.9. The third-order valence-electron chi connectivity index (χ3n) is 2.94. The SMILES string of the molecule is CS(=O)(=O)N(CC(=O)Nc1ccc(Br)c(Cl)c1)c1ccccc1. The number of para-hydroxylation sites is 1. The largest absolute Gasteiger partial charge is 0.324 e. The van der Waals surface area contributed by atoms with E-state index in [-0.39, 0.29) is 6.54 Å². The van der Waals surface area contributed by atoms with Crippen LogP contribution in [0.4, 0.5) is 11.4 Å². The number of anilines is 2. The zero-order valence-electron chi connectivity index (χ0n) is 12.2. The predicted octanol–water partition coefficient (Wildman–Crippen LogP) is 3.51. The number of carbonyl (C=O) groups excluding carboxylic acids is 1. The Morgan fingerprint density at radius 2 is 1.87 bits per heavy atom. The molecule has 122 valence electrons. The van der Waals surface area contributed by atoms with Crippen LogP contribution in [0.15, 0.2) is 53.0 Å². The number of hydrogen-bond acceptors (Lipinski definition) is 3. The molecular formula is C15H14BrClN2O3S. The first-order chi connectivity index (χ1) is 10.8. The van der Waals surface area contributed by atoms with Gasteiger partial charge in [0.15, 0.2) is 0 Å². The number of nitrogens with zero attached hydrogens (tertiary/aromatic N) is 1. The fourth-order valence-electron chi connectivity index (χ4n) is 1.90. The van der Waals surface area contributed by atoms with Crippen LogP contribution in [0.2, 0.25) is 5.02 Å². The van der Waals surface area contributed by atoms with Gasteiger partial charge in [0.25, 0.3) is 0 Å². The first-order valence-electron chi connectivity index (χ1n) is 6.55. The molecule has 23 heavy (non-hydrogen) atoms. The van der Waals surface area contributed by atoms with Crippen LogP contribution >= 0.6 is 27.5 Å². The summed E-state index contributed by atoms with van der Waals surface area (Å²) in [6.07, 6.45) is 1.06. The van der Waals surface area contributed by atoms with Gasteiger partial charge in [-0.05, 0) is 46.3 Å². The first kappa shape index (κ1) is 17.8. The summed E-state index contributed by atoms with van der Waals surface area (Å²) in [5, 5.41) is 3.08. The lowest BCUT2D eigenvalue weighted by Gasteiger charge is -2.21. The minimum Gasteiger partial charge on any atom is -0.324 e. The maximum atomic E-state index is 12.2. The maximum Gasteiger partial charge on any atom is 0.245 e. The van der Waals surface area contributed by atoms with Crippen molar-refractivity contribution in [1.82, 2.24) is 0 Å². The summed E-state index contributed by atoms with van der Waals surface area (Å²) in [4.78, 5) is 12.2. The van der Waals surface area contributed by atoms with E-state index >= 15 is 0 Å². The number of sulfonamides is 1. The molecule has 0 radical (unpaired) electrons. The number of hydrogen-bond donors (Lipinski definition) is 1. The fourth-order valence-corrected chi connectivity index (χ4v) is 3.18. The summed E-state index contributed by atoms with van der Waals surface area (Å²) in [5.41, 5.74) is 0.920. The molecule has 2 rings (SSSR count). The van der Waals surface area contributed by atoms with E-state index in [9.17, 15) is 13.2 Å². The quantitative estimate of drug-likeness (QED) is 0.809. The molecule has 0 aliphatic rings. The van der Waals surface area contributed by atoms with Crippen LogP contribution in [0.5, 0.6) is 0 Å². The van der Waals surface area contributed by atoms with Gasteiger partial charge in [0.05, 0.1) is 17.0 Å². The van der Waals surface area contributed by atoms with Crippen molar-refractivity contribution in [3.05, 3.63) is 58.0 Å². The summed E-state index contributed by atoms with van der Waals surface area (Å²) >= 11 is 9.23. The Labute approximate surface area is 148 Å². The third kappa shape index (κ3) is 4.95. The fraction of sp³-hybridized carbons (Fsp3) is 0.133. The van der Waals surface area contributed by atoms with Crippen molar-refractivity contribution in [3.8, 4) is 0 Å². The molecule has 1 N–H and O–H groups in total. The molecule has 0 heterocycles. The smallest absolute Gasteiger partial charge is 0.245 e. The molecule has 2 aromatic carbocycles. The van der Waals surface area contributed by atoms with Gasteiger partial charge in [-0.2, -0.15) is 0 Å². The van der Waals surface area contributed by atoms with Crippen molar-refractivity contribution >= 4 is 54.8 Å². The van der Waals surface area contributed by atoms with E-state index in [1.807, 2.05) is 0 Å². The molecule has 0 unspecified atom stereocenters. The second-order valence-corrected chi connectivity index (χ2v) is 7.95. The van der Waals surface area contributed by atoms with Crippen molar-refractivity contribution in [1.29, 1.82) is 0 Å². The molecule has 0 aliphatic carbocycles. The monoisotopic (exact) mass is 416 g/mol.